The van der Waals surface area contributed by atoms with Crippen LogP contribution < -0.4 is 15.0 Å². The Kier molecular flexibility index (Phi) is 4.19. The molecule has 2 heterocycles. The normalized spacial score (nSPS) is 16.4. The van der Waals surface area contributed by atoms with Gasteiger partial charge in [0.1, 0.15) is 17.7 Å². The van der Waals surface area contributed by atoms with Gasteiger partial charge in [-0.1, -0.05) is 12.1 Å². The Bertz CT molecular complexity index is 930. The lowest BCUT2D eigenvalue weighted by molar-refractivity contribution is 0.0980. The van der Waals surface area contributed by atoms with E-state index in [1.165, 1.54) is 0 Å². The minimum atomic E-state index is -0.337. The van der Waals surface area contributed by atoms with Gasteiger partial charge in [0, 0.05) is 11.4 Å². The van der Waals surface area contributed by atoms with Crippen LogP contribution in [0.3, 0.4) is 0 Å². The van der Waals surface area contributed by atoms with Gasteiger partial charge in [-0.25, -0.2) is 0 Å². The summed E-state index contributed by atoms with van der Waals surface area (Å²) in [5.41, 5.74) is 2.24. The summed E-state index contributed by atoms with van der Waals surface area (Å²) < 4.78 is 10.6. The van der Waals surface area contributed by atoms with Gasteiger partial charge in [0.15, 0.2) is 0 Å². The lowest BCUT2D eigenvalue weighted by Gasteiger charge is -2.36. The molecule has 1 N–H and O–H groups in total. The zero-order valence-corrected chi connectivity index (χ0v) is 14.3. The number of para-hydroxylation sites is 1. The molecule has 0 saturated carbocycles. The number of fused-ring (bicyclic) bond motifs is 1. The van der Waals surface area contributed by atoms with Crippen LogP contribution in [0.2, 0.25) is 0 Å². The molecule has 130 valence electrons. The van der Waals surface area contributed by atoms with E-state index in [0.29, 0.717) is 5.56 Å². The molecular weight excluding hydrogens is 328 g/mol. The van der Waals surface area contributed by atoms with Crippen LogP contribution >= 0.6 is 0 Å². The number of hydrogen-bond acceptors (Lipinski definition) is 4. The minimum Gasteiger partial charge on any atom is -0.497 e. The molecule has 0 spiro atoms. The van der Waals surface area contributed by atoms with Crippen molar-refractivity contribution in [2.75, 3.05) is 17.3 Å². The summed E-state index contributed by atoms with van der Waals surface area (Å²) in [6, 6.07) is 18.6. The van der Waals surface area contributed by atoms with Crippen molar-refractivity contribution in [3.8, 4) is 5.75 Å². The lowest BCUT2D eigenvalue weighted by atomic mass is 10.1. The Hall–Kier alpha value is -3.47. The molecule has 1 atom stereocenters. The van der Waals surface area contributed by atoms with Gasteiger partial charge in [0.25, 0.3) is 5.91 Å². The Labute approximate surface area is 151 Å². The van der Waals surface area contributed by atoms with Crippen molar-refractivity contribution in [2.24, 2.45) is 0 Å². The highest BCUT2D eigenvalue weighted by Gasteiger charge is 2.31. The number of methoxy groups -OCH3 is 1. The zero-order chi connectivity index (χ0) is 17.9. The highest BCUT2D eigenvalue weighted by molar-refractivity contribution is 6.12. The van der Waals surface area contributed by atoms with Crippen molar-refractivity contribution >= 4 is 23.4 Å². The monoisotopic (exact) mass is 346 g/mol. The molecule has 0 fully saturated rings. The van der Waals surface area contributed by atoms with Gasteiger partial charge in [-0.15, -0.1) is 0 Å². The number of carbonyl (C=O) groups is 1. The van der Waals surface area contributed by atoms with E-state index in [-0.39, 0.29) is 12.1 Å². The molecule has 1 aliphatic heterocycles. The molecule has 5 nitrogen and oxygen atoms in total. The first kappa shape index (κ1) is 16.0. The molecule has 2 aromatic carbocycles. The third-order valence-electron chi connectivity index (χ3n) is 4.29. The molecule has 3 aromatic rings. The molecule has 0 radical (unpaired) electrons. The standard InChI is InChI=1S/C21H18N2O3/c1-25-16-10-8-15(9-11-16)23-20(13-12-17-5-4-14-26-17)22-19-7-3-2-6-18(19)21(23)24/h2-14,20,22H,1H3/b13-12+. The van der Waals surface area contributed by atoms with Gasteiger partial charge in [-0.05, 0) is 60.7 Å². The van der Waals surface area contributed by atoms with Crippen LogP contribution in [0, 0.1) is 0 Å². The fourth-order valence-electron chi connectivity index (χ4n) is 3.00. The SMILES string of the molecule is COc1ccc(N2C(=O)c3ccccc3NC2/C=C/c2ccco2)cc1. The second-order valence-corrected chi connectivity index (χ2v) is 5.88. The first-order valence-electron chi connectivity index (χ1n) is 8.31. The van der Waals surface area contributed by atoms with Gasteiger partial charge < -0.3 is 14.5 Å². The first-order valence-corrected chi connectivity index (χ1v) is 8.31. The average Bonchev–Trinajstić information content (AvgIpc) is 3.20. The van der Waals surface area contributed by atoms with Gasteiger partial charge in [-0.3, -0.25) is 9.69 Å². The van der Waals surface area contributed by atoms with E-state index in [2.05, 4.69) is 5.32 Å². The number of nitrogens with one attached hydrogen (secondary N) is 1. The van der Waals surface area contributed by atoms with Crippen LogP contribution in [0.15, 0.2) is 77.4 Å². The van der Waals surface area contributed by atoms with E-state index >= 15 is 0 Å². The second-order valence-electron chi connectivity index (χ2n) is 5.88. The number of carbonyl (C=O) groups excluding carboxylic acids is 1. The molecule has 1 aliphatic rings. The first-order chi connectivity index (χ1) is 12.8. The maximum absolute atomic E-state index is 13.1. The predicted molar refractivity (Wildman–Crippen MR) is 101 cm³/mol. The maximum Gasteiger partial charge on any atom is 0.262 e. The topological polar surface area (TPSA) is 54.7 Å². The third kappa shape index (κ3) is 2.95. The number of anilines is 2. The molecule has 1 aromatic heterocycles. The smallest absolute Gasteiger partial charge is 0.262 e. The summed E-state index contributed by atoms with van der Waals surface area (Å²) in [6.07, 6.45) is 5.05. The number of rotatable bonds is 4. The van der Waals surface area contributed by atoms with Crippen LogP contribution in [0.1, 0.15) is 16.1 Å². The third-order valence-corrected chi connectivity index (χ3v) is 4.29. The summed E-state index contributed by atoms with van der Waals surface area (Å²) in [5.74, 6) is 1.42. The molecular formula is C21H18N2O3. The summed E-state index contributed by atoms with van der Waals surface area (Å²) in [6.45, 7) is 0. The predicted octanol–water partition coefficient (Wildman–Crippen LogP) is 4.40. The molecule has 5 heteroatoms. The number of ether oxygens (including phenoxy) is 1. The zero-order valence-electron chi connectivity index (χ0n) is 14.3. The maximum atomic E-state index is 13.1. The minimum absolute atomic E-state index is 0.0568. The highest BCUT2D eigenvalue weighted by Crippen LogP contribution is 2.31. The Morgan fingerprint density at radius 2 is 1.88 bits per heavy atom. The summed E-state index contributed by atoms with van der Waals surface area (Å²) in [4.78, 5) is 14.9. The fourth-order valence-corrected chi connectivity index (χ4v) is 3.00. The van der Waals surface area contributed by atoms with Crippen LogP contribution in [-0.2, 0) is 0 Å². The van der Waals surface area contributed by atoms with Crippen molar-refractivity contribution in [1.82, 2.24) is 0 Å². The Morgan fingerprint density at radius 1 is 1.08 bits per heavy atom. The molecule has 0 saturated heterocycles. The highest BCUT2D eigenvalue weighted by atomic mass is 16.5. The van der Waals surface area contributed by atoms with Gasteiger partial charge in [0.2, 0.25) is 0 Å². The second kappa shape index (κ2) is 6.80. The summed E-state index contributed by atoms with van der Waals surface area (Å²) in [7, 11) is 1.62. The molecule has 26 heavy (non-hydrogen) atoms. The van der Waals surface area contributed by atoms with Crippen LogP contribution in [-0.4, -0.2) is 19.2 Å². The van der Waals surface area contributed by atoms with Gasteiger partial charge >= 0.3 is 0 Å². The number of hydrogen-bond donors (Lipinski definition) is 1. The van der Waals surface area contributed by atoms with Gasteiger partial charge in [-0.2, -0.15) is 0 Å². The van der Waals surface area contributed by atoms with Crippen molar-refractivity contribution in [1.29, 1.82) is 0 Å². The van der Waals surface area contributed by atoms with E-state index in [1.54, 1.807) is 18.3 Å². The van der Waals surface area contributed by atoms with Crippen LogP contribution in [0.5, 0.6) is 5.75 Å². The largest absolute Gasteiger partial charge is 0.497 e. The lowest BCUT2D eigenvalue weighted by Crippen LogP contribution is -2.48. The van der Waals surface area contributed by atoms with Gasteiger partial charge in [0.05, 0.1) is 18.9 Å². The average molecular weight is 346 g/mol. The van der Waals surface area contributed by atoms with Crippen molar-refractivity contribution in [2.45, 2.75) is 6.17 Å². The van der Waals surface area contributed by atoms with E-state index in [9.17, 15) is 4.79 Å². The number of furan rings is 1. The van der Waals surface area contributed by atoms with Crippen molar-refractivity contribution in [3.63, 3.8) is 0 Å². The van der Waals surface area contributed by atoms with E-state index in [4.69, 9.17) is 9.15 Å². The fraction of sp³-hybridized carbons (Fsp3) is 0.0952. The van der Waals surface area contributed by atoms with Crippen LogP contribution in [0.4, 0.5) is 11.4 Å². The summed E-state index contributed by atoms with van der Waals surface area (Å²) >= 11 is 0. The number of benzene rings is 2. The molecule has 0 aliphatic carbocycles. The van der Waals surface area contributed by atoms with E-state index < -0.39 is 0 Å². The molecule has 4 rings (SSSR count). The van der Waals surface area contributed by atoms with Crippen molar-refractivity contribution in [3.05, 3.63) is 84.3 Å². The number of nitrogens with zero attached hydrogens (tertiary/aromatic N) is 1. The Balaban J connectivity index is 1.74. The van der Waals surface area contributed by atoms with E-state index in [1.807, 2.05) is 72.8 Å². The van der Waals surface area contributed by atoms with Crippen LogP contribution in [0.25, 0.3) is 6.08 Å². The summed E-state index contributed by atoms with van der Waals surface area (Å²) in [5, 5.41) is 3.41. The quantitative estimate of drug-likeness (QED) is 0.761. The Morgan fingerprint density at radius 3 is 2.62 bits per heavy atom. The van der Waals surface area contributed by atoms with E-state index in [0.717, 1.165) is 22.9 Å². The van der Waals surface area contributed by atoms with Crippen molar-refractivity contribution < 1.29 is 13.9 Å². The number of amides is 1. The molecule has 0 bridgehead atoms. The molecule has 1 unspecified atom stereocenters. The molecule has 1 amide bonds.